The van der Waals surface area contributed by atoms with E-state index in [0.29, 0.717) is 25.4 Å². The normalized spacial score (nSPS) is 20.7. The smallest absolute Gasteiger partial charge is 0.333 e. The van der Waals surface area contributed by atoms with Gasteiger partial charge in [-0.05, 0) is 13.8 Å². The number of rotatable bonds is 3. The summed E-state index contributed by atoms with van der Waals surface area (Å²) < 4.78 is 10.2. The maximum absolute atomic E-state index is 11.2. The second-order valence-corrected chi connectivity index (χ2v) is 3.85. The van der Waals surface area contributed by atoms with Crippen molar-refractivity contribution in [1.82, 2.24) is 0 Å². The molecule has 0 aromatic carbocycles. The highest BCUT2D eigenvalue weighted by Gasteiger charge is 2.34. The highest BCUT2D eigenvalue weighted by Crippen LogP contribution is 2.26. The summed E-state index contributed by atoms with van der Waals surface area (Å²) >= 11 is 0. The van der Waals surface area contributed by atoms with Crippen LogP contribution in [0.1, 0.15) is 20.8 Å². The molecule has 0 N–H and O–H groups in total. The van der Waals surface area contributed by atoms with E-state index in [0.717, 1.165) is 0 Å². The van der Waals surface area contributed by atoms with Gasteiger partial charge in [0.25, 0.3) is 0 Å². The van der Waals surface area contributed by atoms with Crippen LogP contribution in [0.15, 0.2) is 11.6 Å². The summed E-state index contributed by atoms with van der Waals surface area (Å²) in [5, 5.41) is 0. The first-order chi connectivity index (χ1) is 6.07. The van der Waals surface area contributed by atoms with Gasteiger partial charge in [-0.3, -0.25) is 0 Å². The van der Waals surface area contributed by atoms with Crippen LogP contribution in [0.25, 0.3) is 0 Å². The van der Waals surface area contributed by atoms with Crippen molar-refractivity contribution >= 4 is 5.97 Å². The standard InChI is InChI=1S/C10H16O3/c1-4-8(2)9(11)13-7-10(3)5-12-6-10/h4H,5-7H2,1-3H3. The number of hydrogen-bond donors (Lipinski definition) is 0. The van der Waals surface area contributed by atoms with Crippen LogP contribution in [0.2, 0.25) is 0 Å². The summed E-state index contributed by atoms with van der Waals surface area (Å²) in [6, 6.07) is 0. The minimum atomic E-state index is -0.226. The van der Waals surface area contributed by atoms with Gasteiger partial charge in [0.1, 0.15) is 6.61 Å². The van der Waals surface area contributed by atoms with Crippen molar-refractivity contribution in [1.29, 1.82) is 0 Å². The minimum Gasteiger partial charge on any atom is -0.462 e. The van der Waals surface area contributed by atoms with Crippen molar-refractivity contribution in [3.05, 3.63) is 11.6 Å². The van der Waals surface area contributed by atoms with Gasteiger partial charge in [-0.25, -0.2) is 4.79 Å². The third kappa shape index (κ3) is 2.56. The topological polar surface area (TPSA) is 35.5 Å². The Hall–Kier alpha value is -0.830. The molecule has 0 atom stereocenters. The lowest BCUT2D eigenvalue weighted by Gasteiger charge is -2.37. The van der Waals surface area contributed by atoms with Crippen LogP contribution < -0.4 is 0 Å². The maximum atomic E-state index is 11.2. The number of ether oxygens (including phenoxy) is 2. The van der Waals surface area contributed by atoms with Crippen molar-refractivity contribution in [3.8, 4) is 0 Å². The van der Waals surface area contributed by atoms with Gasteiger partial charge in [0, 0.05) is 11.0 Å². The molecule has 1 aliphatic rings. The molecule has 0 unspecified atom stereocenters. The van der Waals surface area contributed by atoms with E-state index in [1.165, 1.54) is 0 Å². The molecule has 0 amide bonds. The monoisotopic (exact) mass is 184 g/mol. The van der Waals surface area contributed by atoms with Crippen molar-refractivity contribution in [2.45, 2.75) is 20.8 Å². The Morgan fingerprint density at radius 2 is 2.23 bits per heavy atom. The fourth-order valence-corrected chi connectivity index (χ4v) is 1.01. The lowest BCUT2D eigenvalue weighted by Crippen LogP contribution is -2.44. The van der Waals surface area contributed by atoms with Crippen LogP contribution in [0.4, 0.5) is 0 Å². The molecule has 1 fully saturated rings. The molecular weight excluding hydrogens is 168 g/mol. The van der Waals surface area contributed by atoms with Gasteiger partial charge in [0.2, 0.25) is 0 Å². The predicted molar refractivity (Wildman–Crippen MR) is 49.3 cm³/mol. The van der Waals surface area contributed by atoms with Crippen molar-refractivity contribution in [2.24, 2.45) is 5.41 Å². The van der Waals surface area contributed by atoms with Gasteiger partial charge in [0.05, 0.1) is 13.2 Å². The summed E-state index contributed by atoms with van der Waals surface area (Å²) in [6.45, 7) is 7.46. The van der Waals surface area contributed by atoms with Gasteiger partial charge in [-0.2, -0.15) is 0 Å². The zero-order chi connectivity index (χ0) is 9.90. The largest absolute Gasteiger partial charge is 0.462 e. The summed E-state index contributed by atoms with van der Waals surface area (Å²) in [5.74, 6) is -0.226. The number of esters is 1. The summed E-state index contributed by atoms with van der Waals surface area (Å²) in [6.07, 6.45) is 1.75. The van der Waals surface area contributed by atoms with Crippen LogP contribution >= 0.6 is 0 Å². The van der Waals surface area contributed by atoms with E-state index in [2.05, 4.69) is 6.92 Å². The average Bonchev–Trinajstić information content (AvgIpc) is 2.09. The maximum Gasteiger partial charge on any atom is 0.333 e. The highest BCUT2D eigenvalue weighted by atomic mass is 16.5. The average molecular weight is 184 g/mol. The fraction of sp³-hybridized carbons (Fsp3) is 0.700. The van der Waals surface area contributed by atoms with Gasteiger partial charge in [-0.15, -0.1) is 0 Å². The van der Waals surface area contributed by atoms with E-state index in [1.54, 1.807) is 13.0 Å². The molecule has 1 heterocycles. The van der Waals surface area contributed by atoms with Crippen molar-refractivity contribution in [2.75, 3.05) is 19.8 Å². The minimum absolute atomic E-state index is 0.0453. The third-order valence-electron chi connectivity index (χ3n) is 2.21. The molecule has 1 rings (SSSR count). The Kier molecular flexibility index (Phi) is 3.09. The Labute approximate surface area is 78.7 Å². The summed E-state index contributed by atoms with van der Waals surface area (Å²) in [4.78, 5) is 11.2. The lowest BCUT2D eigenvalue weighted by molar-refractivity contribution is -0.161. The van der Waals surface area contributed by atoms with Crippen LogP contribution in [0, 0.1) is 5.41 Å². The predicted octanol–water partition coefficient (Wildman–Crippen LogP) is 1.53. The van der Waals surface area contributed by atoms with Crippen LogP contribution in [0.3, 0.4) is 0 Å². The molecule has 1 aliphatic heterocycles. The number of hydrogen-bond acceptors (Lipinski definition) is 3. The van der Waals surface area contributed by atoms with Gasteiger partial charge >= 0.3 is 5.97 Å². The Bertz CT molecular complexity index is 226. The summed E-state index contributed by atoms with van der Waals surface area (Å²) in [5.41, 5.74) is 0.702. The lowest BCUT2D eigenvalue weighted by atomic mass is 9.90. The quantitative estimate of drug-likeness (QED) is 0.493. The van der Waals surface area contributed by atoms with E-state index >= 15 is 0 Å². The molecular formula is C10H16O3. The molecule has 1 saturated heterocycles. The molecule has 3 nitrogen and oxygen atoms in total. The van der Waals surface area contributed by atoms with Crippen LogP contribution in [-0.2, 0) is 14.3 Å². The molecule has 0 aliphatic carbocycles. The van der Waals surface area contributed by atoms with E-state index < -0.39 is 0 Å². The molecule has 0 radical (unpaired) electrons. The zero-order valence-electron chi connectivity index (χ0n) is 8.42. The molecule has 74 valence electrons. The molecule has 0 aromatic heterocycles. The Morgan fingerprint density at radius 1 is 1.62 bits per heavy atom. The molecule has 0 bridgehead atoms. The molecule has 13 heavy (non-hydrogen) atoms. The number of carbonyl (C=O) groups is 1. The second-order valence-electron chi connectivity index (χ2n) is 3.85. The number of carbonyl (C=O) groups excluding carboxylic acids is 1. The van der Waals surface area contributed by atoms with Gasteiger partial charge < -0.3 is 9.47 Å². The molecule has 0 aromatic rings. The number of allylic oxidation sites excluding steroid dienone is 1. The van der Waals surface area contributed by atoms with Crippen molar-refractivity contribution < 1.29 is 14.3 Å². The van der Waals surface area contributed by atoms with E-state index in [9.17, 15) is 4.79 Å². The molecule has 3 heteroatoms. The van der Waals surface area contributed by atoms with Crippen LogP contribution in [-0.4, -0.2) is 25.8 Å². The Balaban J connectivity index is 2.30. The first-order valence-electron chi connectivity index (χ1n) is 4.45. The first kappa shape index (κ1) is 10.3. The molecule has 0 saturated carbocycles. The third-order valence-corrected chi connectivity index (χ3v) is 2.21. The van der Waals surface area contributed by atoms with E-state index in [1.807, 2.05) is 6.92 Å². The van der Waals surface area contributed by atoms with Gasteiger partial charge in [-0.1, -0.05) is 13.0 Å². The van der Waals surface area contributed by atoms with E-state index in [4.69, 9.17) is 9.47 Å². The SMILES string of the molecule is CC=C(C)C(=O)OCC1(C)COC1. The van der Waals surface area contributed by atoms with Crippen LogP contribution in [0.5, 0.6) is 0 Å². The first-order valence-corrected chi connectivity index (χ1v) is 4.45. The second kappa shape index (κ2) is 3.92. The summed E-state index contributed by atoms with van der Waals surface area (Å²) in [7, 11) is 0. The highest BCUT2D eigenvalue weighted by molar-refractivity contribution is 5.87. The molecule has 0 spiro atoms. The zero-order valence-corrected chi connectivity index (χ0v) is 8.42. The Morgan fingerprint density at radius 3 is 2.62 bits per heavy atom. The fourth-order valence-electron chi connectivity index (χ4n) is 1.01. The van der Waals surface area contributed by atoms with E-state index in [-0.39, 0.29) is 11.4 Å². The van der Waals surface area contributed by atoms with Crippen molar-refractivity contribution in [3.63, 3.8) is 0 Å². The van der Waals surface area contributed by atoms with Gasteiger partial charge in [0.15, 0.2) is 0 Å².